The molecular weight excluding hydrogens is 324 g/mol. The van der Waals surface area contributed by atoms with Crippen LogP contribution in [0.4, 0.5) is 0 Å². The van der Waals surface area contributed by atoms with Crippen LogP contribution in [0, 0.1) is 0 Å². The summed E-state index contributed by atoms with van der Waals surface area (Å²) >= 11 is 0. The second-order valence-corrected chi connectivity index (χ2v) is 7.25. The minimum Gasteiger partial charge on any atom is -0.497 e. The molecule has 1 saturated heterocycles. The quantitative estimate of drug-likeness (QED) is 0.849. The summed E-state index contributed by atoms with van der Waals surface area (Å²) in [5.41, 5.74) is 4.93. The summed E-state index contributed by atoms with van der Waals surface area (Å²) in [6, 6.07) is 14.5. The molecule has 0 bridgehead atoms. The van der Waals surface area contributed by atoms with Gasteiger partial charge in [-0.05, 0) is 60.2 Å². The summed E-state index contributed by atoms with van der Waals surface area (Å²) < 4.78 is 5.21. The highest BCUT2D eigenvalue weighted by Gasteiger charge is 2.23. The molecule has 4 heteroatoms. The molecule has 0 radical (unpaired) electrons. The van der Waals surface area contributed by atoms with Crippen LogP contribution in [0.3, 0.4) is 0 Å². The summed E-state index contributed by atoms with van der Waals surface area (Å²) in [7, 11) is 1.69. The van der Waals surface area contributed by atoms with Gasteiger partial charge in [0, 0.05) is 38.3 Å². The number of carbonyl (C=O) groups is 1. The number of benzene rings is 2. The largest absolute Gasteiger partial charge is 0.497 e. The lowest BCUT2D eigenvalue weighted by Gasteiger charge is -2.35. The maximum absolute atomic E-state index is 12.8. The fourth-order valence-electron chi connectivity index (χ4n) is 3.99. The fourth-order valence-corrected chi connectivity index (χ4v) is 3.99. The molecule has 26 heavy (non-hydrogen) atoms. The van der Waals surface area contributed by atoms with Crippen molar-refractivity contribution in [2.45, 2.75) is 25.8 Å². The molecule has 1 aliphatic heterocycles. The Kier molecular flexibility index (Phi) is 4.93. The first kappa shape index (κ1) is 17.1. The molecule has 0 atom stereocenters. The predicted octanol–water partition coefficient (Wildman–Crippen LogP) is 3.14. The summed E-state index contributed by atoms with van der Waals surface area (Å²) in [5.74, 6) is 1.07. The Bertz CT molecular complexity index is 777. The van der Waals surface area contributed by atoms with Crippen molar-refractivity contribution in [2.24, 2.45) is 0 Å². The summed E-state index contributed by atoms with van der Waals surface area (Å²) in [5, 5.41) is 0. The number of ether oxygens (including phenoxy) is 1. The SMILES string of the molecule is COc1ccc(CN2CCN(C(=O)c3ccc4c(c3)CCC4)CC2)cc1. The van der Waals surface area contributed by atoms with E-state index in [1.54, 1.807) is 7.11 Å². The van der Waals surface area contributed by atoms with E-state index < -0.39 is 0 Å². The zero-order valence-electron chi connectivity index (χ0n) is 15.4. The molecule has 2 aliphatic rings. The van der Waals surface area contributed by atoms with E-state index in [0.717, 1.165) is 56.9 Å². The average molecular weight is 350 g/mol. The maximum Gasteiger partial charge on any atom is 0.253 e. The molecule has 0 unspecified atom stereocenters. The van der Waals surface area contributed by atoms with Gasteiger partial charge in [0.05, 0.1) is 7.11 Å². The highest BCUT2D eigenvalue weighted by atomic mass is 16.5. The normalized spacial score (nSPS) is 17.2. The molecule has 2 aromatic carbocycles. The van der Waals surface area contributed by atoms with Crippen molar-refractivity contribution < 1.29 is 9.53 Å². The van der Waals surface area contributed by atoms with E-state index in [2.05, 4.69) is 29.2 Å². The molecule has 1 amide bonds. The van der Waals surface area contributed by atoms with E-state index in [9.17, 15) is 4.79 Å². The van der Waals surface area contributed by atoms with Crippen molar-refractivity contribution in [3.8, 4) is 5.75 Å². The number of rotatable bonds is 4. The summed E-state index contributed by atoms with van der Waals surface area (Å²) in [6.45, 7) is 4.36. The summed E-state index contributed by atoms with van der Waals surface area (Å²) in [4.78, 5) is 17.2. The van der Waals surface area contributed by atoms with Gasteiger partial charge in [-0.2, -0.15) is 0 Å². The molecule has 0 N–H and O–H groups in total. The van der Waals surface area contributed by atoms with Crippen molar-refractivity contribution in [1.29, 1.82) is 0 Å². The first-order valence-electron chi connectivity index (χ1n) is 9.49. The molecule has 0 saturated carbocycles. The van der Waals surface area contributed by atoms with Crippen molar-refractivity contribution in [2.75, 3.05) is 33.3 Å². The molecule has 1 heterocycles. The Morgan fingerprint density at radius 2 is 1.69 bits per heavy atom. The van der Waals surface area contributed by atoms with Crippen LogP contribution in [0.25, 0.3) is 0 Å². The maximum atomic E-state index is 12.8. The Balaban J connectivity index is 1.33. The third-order valence-corrected chi connectivity index (χ3v) is 5.57. The average Bonchev–Trinajstić information content (AvgIpc) is 3.16. The van der Waals surface area contributed by atoms with E-state index >= 15 is 0 Å². The second kappa shape index (κ2) is 7.50. The third-order valence-electron chi connectivity index (χ3n) is 5.57. The van der Waals surface area contributed by atoms with Crippen LogP contribution in [-0.2, 0) is 19.4 Å². The van der Waals surface area contributed by atoms with Gasteiger partial charge in [0.15, 0.2) is 0 Å². The van der Waals surface area contributed by atoms with Gasteiger partial charge in [-0.25, -0.2) is 0 Å². The van der Waals surface area contributed by atoms with Gasteiger partial charge >= 0.3 is 0 Å². The molecule has 1 fully saturated rings. The smallest absolute Gasteiger partial charge is 0.253 e. The molecule has 2 aromatic rings. The van der Waals surface area contributed by atoms with Gasteiger partial charge in [-0.15, -0.1) is 0 Å². The van der Waals surface area contributed by atoms with Crippen molar-refractivity contribution >= 4 is 5.91 Å². The number of methoxy groups -OCH3 is 1. The molecule has 0 spiro atoms. The van der Waals surface area contributed by atoms with Gasteiger partial charge in [0.1, 0.15) is 5.75 Å². The zero-order chi connectivity index (χ0) is 17.9. The third kappa shape index (κ3) is 3.61. The minimum absolute atomic E-state index is 0.184. The lowest BCUT2D eigenvalue weighted by molar-refractivity contribution is 0.0628. The number of hydrogen-bond donors (Lipinski definition) is 0. The number of aryl methyl sites for hydroxylation is 2. The zero-order valence-corrected chi connectivity index (χ0v) is 15.4. The number of nitrogens with zero attached hydrogens (tertiary/aromatic N) is 2. The lowest BCUT2D eigenvalue weighted by atomic mass is 10.1. The van der Waals surface area contributed by atoms with Gasteiger partial charge in [0.2, 0.25) is 0 Å². The fraction of sp³-hybridized carbons (Fsp3) is 0.409. The minimum atomic E-state index is 0.184. The Labute approximate surface area is 155 Å². The highest BCUT2D eigenvalue weighted by Crippen LogP contribution is 2.24. The molecule has 1 aliphatic carbocycles. The molecule has 4 nitrogen and oxygen atoms in total. The van der Waals surface area contributed by atoms with E-state index in [1.165, 1.54) is 23.1 Å². The van der Waals surface area contributed by atoms with E-state index in [0.29, 0.717) is 0 Å². The number of fused-ring (bicyclic) bond motifs is 1. The van der Waals surface area contributed by atoms with Gasteiger partial charge in [0.25, 0.3) is 5.91 Å². The van der Waals surface area contributed by atoms with Crippen LogP contribution in [0.5, 0.6) is 5.75 Å². The Morgan fingerprint density at radius 3 is 2.42 bits per heavy atom. The number of amides is 1. The topological polar surface area (TPSA) is 32.8 Å². The Morgan fingerprint density at radius 1 is 0.962 bits per heavy atom. The molecule has 0 aromatic heterocycles. The van der Waals surface area contributed by atoms with Gasteiger partial charge in [-0.3, -0.25) is 9.69 Å². The number of carbonyl (C=O) groups excluding carboxylic acids is 1. The van der Waals surface area contributed by atoms with Gasteiger partial charge < -0.3 is 9.64 Å². The van der Waals surface area contributed by atoms with Crippen molar-refractivity contribution in [3.05, 3.63) is 64.7 Å². The van der Waals surface area contributed by atoms with Crippen LogP contribution >= 0.6 is 0 Å². The second-order valence-electron chi connectivity index (χ2n) is 7.25. The Hall–Kier alpha value is -2.33. The highest BCUT2D eigenvalue weighted by molar-refractivity contribution is 5.94. The van der Waals surface area contributed by atoms with Crippen molar-refractivity contribution in [3.63, 3.8) is 0 Å². The van der Waals surface area contributed by atoms with E-state index in [-0.39, 0.29) is 5.91 Å². The monoisotopic (exact) mass is 350 g/mol. The summed E-state index contributed by atoms with van der Waals surface area (Å²) in [6.07, 6.45) is 3.50. The first-order valence-corrected chi connectivity index (χ1v) is 9.49. The van der Waals surface area contributed by atoms with Crippen LogP contribution in [0.15, 0.2) is 42.5 Å². The van der Waals surface area contributed by atoms with Crippen LogP contribution < -0.4 is 4.74 Å². The van der Waals surface area contributed by atoms with Crippen LogP contribution in [-0.4, -0.2) is 49.0 Å². The molecular formula is C22H26N2O2. The number of piperazine rings is 1. The van der Waals surface area contributed by atoms with Crippen LogP contribution in [0.1, 0.15) is 33.5 Å². The molecule has 4 rings (SSSR count). The number of hydrogen-bond acceptors (Lipinski definition) is 3. The lowest BCUT2D eigenvalue weighted by Crippen LogP contribution is -2.48. The van der Waals surface area contributed by atoms with Crippen molar-refractivity contribution in [1.82, 2.24) is 9.80 Å². The van der Waals surface area contributed by atoms with E-state index in [1.807, 2.05) is 23.1 Å². The van der Waals surface area contributed by atoms with Gasteiger partial charge in [-0.1, -0.05) is 18.2 Å². The first-order chi connectivity index (χ1) is 12.7. The standard InChI is InChI=1S/C22H26N2O2/c1-26-21-9-5-17(6-10-21)16-23-11-13-24(14-12-23)22(25)20-8-7-18-3-2-4-19(18)15-20/h5-10,15H,2-4,11-14,16H2,1H3. The van der Waals surface area contributed by atoms with E-state index in [4.69, 9.17) is 4.74 Å². The predicted molar refractivity (Wildman–Crippen MR) is 103 cm³/mol. The van der Waals surface area contributed by atoms with Crippen LogP contribution in [0.2, 0.25) is 0 Å². The molecule has 136 valence electrons.